The molecule has 24 heavy (non-hydrogen) atoms. The van der Waals surface area contributed by atoms with Crippen LogP contribution in [0.2, 0.25) is 0 Å². The number of hydrogen-bond acceptors (Lipinski definition) is 2. The number of rotatable bonds is 7. The molecule has 2 rings (SSSR count). The highest BCUT2D eigenvalue weighted by Gasteiger charge is 2.11. The maximum absolute atomic E-state index is 13.3. The predicted molar refractivity (Wildman–Crippen MR) is 91.4 cm³/mol. The Morgan fingerprint density at radius 1 is 1.08 bits per heavy atom. The van der Waals surface area contributed by atoms with Gasteiger partial charge in [0.15, 0.2) is 11.6 Å². The number of amides is 1. The molecule has 0 spiro atoms. The van der Waals surface area contributed by atoms with Gasteiger partial charge in [0, 0.05) is 6.54 Å². The van der Waals surface area contributed by atoms with Gasteiger partial charge in [-0.3, -0.25) is 4.79 Å². The summed E-state index contributed by atoms with van der Waals surface area (Å²) in [5.74, 6) is -1.84. The van der Waals surface area contributed by atoms with E-state index in [-0.39, 0.29) is 5.91 Å². The number of benzene rings is 2. The first kappa shape index (κ1) is 18.1. The summed E-state index contributed by atoms with van der Waals surface area (Å²) in [4.78, 5) is 11.7. The number of nitrogens with one attached hydrogen (secondary N) is 1. The molecule has 128 valence electrons. The van der Waals surface area contributed by atoms with Gasteiger partial charge in [-0.1, -0.05) is 43.7 Å². The van der Waals surface area contributed by atoms with Gasteiger partial charge in [-0.2, -0.15) is 0 Å². The summed E-state index contributed by atoms with van der Waals surface area (Å²) in [5, 5.41) is 2.82. The second-order valence-corrected chi connectivity index (χ2v) is 5.76. The lowest BCUT2D eigenvalue weighted by atomic mass is 10.0. The largest absolute Gasteiger partial charge is 0.354 e. The number of carbonyl (C=O) groups is 1. The predicted octanol–water partition coefficient (Wildman–Crippen LogP) is 3.42. The fraction of sp³-hybridized carbons (Fsp3) is 0.316. The number of hydrogen-bond donors (Lipinski definition) is 2. The number of halogens is 2. The Morgan fingerprint density at radius 2 is 1.75 bits per heavy atom. The van der Waals surface area contributed by atoms with Crippen LogP contribution in [0.5, 0.6) is 0 Å². The molecule has 1 atom stereocenters. The van der Waals surface area contributed by atoms with E-state index in [0.29, 0.717) is 24.9 Å². The second kappa shape index (κ2) is 8.55. The third kappa shape index (κ3) is 4.86. The lowest BCUT2D eigenvalue weighted by molar-refractivity contribution is -0.122. The van der Waals surface area contributed by atoms with Crippen molar-refractivity contribution in [1.82, 2.24) is 5.32 Å². The molecule has 0 aliphatic carbocycles. The van der Waals surface area contributed by atoms with E-state index in [1.165, 1.54) is 6.07 Å². The van der Waals surface area contributed by atoms with E-state index in [4.69, 9.17) is 5.73 Å². The van der Waals surface area contributed by atoms with Gasteiger partial charge in [-0.05, 0) is 41.7 Å². The van der Waals surface area contributed by atoms with Gasteiger partial charge in [0.25, 0.3) is 0 Å². The van der Waals surface area contributed by atoms with Crippen molar-refractivity contribution in [2.45, 2.75) is 32.2 Å². The lowest BCUT2D eigenvalue weighted by Crippen LogP contribution is -2.41. The summed E-state index contributed by atoms with van der Waals surface area (Å²) in [5.41, 5.74) is 8.23. The summed E-state index contributed by atoms with van der Waals surface area (Å²) < 4.78 is 26.3. The molecular formula is C19H22F2N2O. The van der Waals surface area contributed by atoms with Gasteiger partial charge in [-0.15, -0.1) is 0 Å². The van der Waals surface area contributed by atoms with Crippen LogP contribution in [0.1, 0.15) is 25.3 Å². The molecule has 0 bridgehead atoms. The standard InChI is InChI=1S/C19H22F2N2O/c1-2-3-18(22)19(24)23-11-10-13-4-6-14(7-5-13)15-8-9-16(20)17(21)12-15/h4-9,12,18H,2-3,10-11,22H2,1H3,(H,23,24)/t18-/m0/s1. The van der Waals surface area contributed by atoms with Crippen LogP contribution in [0.15, 0.2) is 42.5 Å². The van der Waals surface area contributed by atoms with Gasteiger partial charge in [-0.25, -0.2) is 8.78 Å². The molecule has 0 saturated carbocycles. The maximum atomic E-state index is 13.3. The minimum absolute atomic E-state index is 0.129. The van der Waals surface area contributed by atoms with Crippen LogP contribution in [-0.2, 0) is 11.2 Å². The van der Waals surface area contributed by atoms with Crippen molar-refractivity contribution in [3.63, 3.8) is 0 Å². The molecular weight excluding hydrogens is 310 g/mol. The highest BCUT2D eigenvalue weighted by Crippen LogP contribution is 2.22. The monoisotopic (exact) mass is 332 g/mol. The molecule has 1 amide bonds. The van der Waals surface area contributed by atoms with Crippen LogP contribution in [0.4, 0.5) is 8.78 Å². The quantitative estimate of drug-likeness (QED) is 0.816. The summed E-state index contributed by atoms with van der Waals surface area (Å²) in [6.07, 6.45) is 2.23. The molecule has 0 unspecified atom stereocenters. The molecule has 0 radical (unpaired) electrons. The van der Waals surface area contributed by atoms with Crippen molar-refractivity contribution in [1.29, 1.82) is 0 Å². The van der Waals surface area contributed by atoms with Crippen molar-refractivity contribution in [3.8, 4) is 11.1 Å². The highest BCUT2D eigenvalue weighted by molar-refractivity contribution is 5.81. The second-order valence-electron chi connectivity index (χ2n) is 5.76. The van der Waals surface area contributed by atoms with Crippen molar-refractivity contribution in [2.24, 2.45) is 5.73 Å². The van der Waals surface area contributed by atoms with Crippen LogP contribution in [0.3, 0.4) is 0 Å². The summed E-state index contributed by atoms with van der Waals surface area (Å²) in [7, 11) is 0. The van der Waals surface area contributed by atoms with Crippen LogP contribution in [0, 0.1) is 11.6 Å². The van der Waals surface area contributed by atoms with Gasteiger partial charge >= 0.3 is 0 Å². The SMILES string of the molecule is CCC[C@H](N)C(=O)NCCc1ccc(-c2ccc(F)c(F)c2)cc1. The Kier molecular flexibility index (Phi) is 6.44. The minimum atomic E-state index is -0.859. The Morgan fingerprint density at radius 3 is 2.38 bits per heavy atom. The third-order valence-electron chi connectivity index (χ3n) is 3.86. The van der Waals surface area contributed by atoms with E-state index >= 15 is 0 Å². The molecule has 0 saturated heterocycles. The normalized spacial score (nSPS) is 12.0. The first-order valence-corrected chi connectivity index (χ1v) is 8.09. The molecule has 0 aromatic heterocycles. The average molecular weight is 332 g/mol. The molecule has 2 aromatic rings. The van der Waals surface area contributed by atoms with Crippen LogP contribution < -0.4 is 11.1 Å². The molecule has 0 fully saturated rings. The van der Waals surface area contributed by atoms with Crippen LogP contribution in [-0.4, -0.2) is 18.5 Å². The van der Waals surface area contributed by atoms with Crippen LogP contribution in [0.25, 0.3) is 11.1 Å². The van der Waals surface area contributed by atoms with E-state index in [2.05, 4.69) is 5.32 Å². The molecule has 5 heteroatoms. The Bertz CT molecular complexity index is 686. The fourth-order valence-corrected chi connectivity index (χ4v) is 2.44. The average Bonchev–Trinajstić information content (AvgIpc) is 2.58. The summed E-state index contributed by atoms with van der Waals surface area (Å²) in [6.45, 7) is 2.50. The van der Waals surface area contributed by atoms with Gasteiger partial charge in [0.2, 0.25) is 5.91 Å². The molecule has 0 aliphatic rings. The zero-order valence-corrected chi connectivity index (χ0v) is 13.7. The van der Waals surface area contributed by atoms with E-state index in [0.717, 1.165) is 23.6 Å². The lowest BCUT2D eigenvalue weighted by Gasteiger charge is -2.11. The van der Waals surface area contributed by atoms with Gasteiger partial charge in [0.1, 0.15) is 0 Å². The molecule has 0 heterocycles. The summed E-state index contributed by atoms with van der Waals surface area (Å²) >= 11 is 0. The van der Waals surface area contributed by atoms with Crippen molar-refractivity contribution in [3.05, 3.63) is 59.7 Å². The zero-order valence-electron chi connectivity index (χ0n) is 13.7. The Hall–Kier alpha value is -2.27. The molecule has 3 nitrogen and oxygen atoms in total. The molecule has 0 aliphatic heterocycles. The Balaban J connectivity index is 1.90. The fourth-order valence-electron chi connectivity index (χ4n) is 2.44. The number of carbonyl (C=O) groups excluding carboxylic acids is 1. The number of nitrogens with two attached hydrogens (primary N) is 1. The Labute approximate surface area is 140 Å². The smallest absolute Gasteiger partial charge is 0.236 e. The summed E-state index contributed by atoms with van der Waals surface area (Å²) in [6, 6.07) is 10.9. The minimum Gasteiger partial charge on any atom is -0.354 e. The van der Waals surface area contributed by atoms with E-state index < -0.39 is 17.7 Å². The van der Waals surface area contributed by atoms with Crippen LogP contribution >= 0.6 is 0 Å². The molecule has 3 N–H and O–H groups in total. The van der Waals surface area contributed by atoms with Crippen molar-refractivity contribution >= 4 is 5.91 Å². The maximum Gasteiger partial charge on any atom is 0.236 e. The van der Waals surface area contributed by atoms with Crippen molar-refractivity contribution < 1.29 is 13.6 Å². The highest BCUT2D eigenvalue weighted by atomic mass is 19.2. The topological polar surface area (TPSA) is 55.1 Å². The van der Waals surface area contributed by atoms with Gasteiger partial charge < -0.3 is 11.1 Å². The zero-order chi connectivity index (χ0) is 17.5. The molecule has 2 aromatic carbocycles. The van der Waals surface area contributed by atoms with E-state index in [1.807, 2.05) is 31.2 Å². The third-order valence-corrected chi connectivity index (χ3v) is 3.86. The first-order chi connectivity index (χ1) is 11.5. The van der Waals surface area contributed by atoms with Crippen molar-refractivity contribution in [2.75, 3.05) is 6.54 Å². The van der Waals surface area contributed by atoms with Gasteiger partial charge in [0.05, 0.1) is 6.04 Å². The first-order valence-electron chi connectivity index (χ1n) is 8.09. The van der Waals surface area contributed by atoms with E-state index in [1.54, 1.807) is 6.07 Å². The van der Waals surface area contributed by atoms with E-state index in [9.17, 15) is 13.6 Å².